The van der Waals surface area contributed by atoms with Crippen molar-refractivity contribution in [3.63, 3.8) is 0 Å². The normalized spacial score (nSPS) is 46.3. The second-order valence-corrected chi connectivity index (χ2v) is 6.28. The van der Waals surface area contributed by atoms with Gasteiger partial charge in [-0.25, -0.2) is 0 Å². The minimum atomic E-state index is 0.819. The summed E-state index contributed by atoms with van der Waals surface area (Å²) in [6.07, 6.45) is 6.92. The maximum Gasteiger partial charge on any atom is 0.0497 e. The van der Waals surface area contributed by atoms with E-state index >= 15 is 0 Å². The number of hydrogen-bond donors (Lipinski definition) is 0. The minimum Gasteiger partial charge on any atom is -0.381 e. The molecule has 2 aliphatic heterocycles. The van der Waals surface area contributed by atoms with Gasteiger partial charge in [-0.3, -0.25) is 0 Å². The Labute approximate surface area is 101 Å². The fraction of sp³-hybridized carbons (Fsp3) is 1.00. The van der Waals surface area contributed by atoms with Gasteiger partial charge in [0.1, 0.15) is 0 Å². The zero-order chi connectivity index (χ0) is 11.5. The summed E-state index contributed by atoms with van der Waals surface area (Å²) in [5, 5.41) is 0. The maximum atomic E-state index is 5.86. The van der Waals surface area contributed by atoms with Crippen LogP contribution in [-0.2, 0) is 4.74 Å². The molecule has 0 radical (unpaired) electrons. The summed E-state index contributed by atoms with van der Waals surface area (Å²) in [6.45, 7) is 9.42. The fourth-order valence-electron chi connectivity index (χ4n) is 3.97. The average Bonchev–Trinajstić information content (AvgIpc) is 2.32. The molecule has 5 unspecified atom stereocenters. The van der Waals surface area contributed by atoms with Crippen LogP contribution in [0.1, 0.15) is 52.9 Å². The Kier molecular flexibility index (Phi) is 4.29. The van der Waals surface area contributed by atoms with Crippen LogP contribution in [0.25, 0.3) is 0 Å². The van der Waals surface area contributed by atoms with Gasteiger partial charge in [-0.05, 0) is 48.9 Å². The molecular weight excluding hydrogens is 196 g/mol. The summed E-state index contributed by atoms with van der Waals surface area (Å²) in [5.41, 5.74) is 0. The lowest BCUT2D eigenvalue weighted by Gasteiger charge is -2.44. The van der Waals surface area contributed by atoms with E-state index in [-0.39, 0.29) is 0 Å². The molecule has 3 aliphatic rings. The van der Waals surface area contributed by atoms with E-state index in [2.05, 4.69) is 20.8 Å². The van der Waals surface area contributed by atoms with Crippen molar-refractivity contribution in [2.45, 2.75) is 52.9 Å². The molecule has 5 atom stereocenters. The highest BCUT2D eigenvalue weighted by atomic mass is 16.5. The van der Waals surface area contributed by atoms with Gasteiger partial charge >= 0.3 is 0 Å². The lowest BCUT2D eigenvalue weighted by molar-refractivity contribution is 0.00419. The Bertz CT molecular complexity index is 211. The van der Waals surface area contributed by atoms with Gasteiger partial charge < -0.3 is 4.74 Å². The summed E-state index contributed by atoms with van der Waals surface area (Å²) < 4.78 is 5.86. The van der Waals surface area contributed by atoms with Crippen LogP contribution in [0.4, 0.5) is 0 Å². The molecule has 0 spiro atoms. The van der Waals surface area contributed by atoms with Crippen LogP contribution in [0.5, 0.6) is 0 Å². The molecule has 0 aromatic heterocycles. The SMILES string of the molecule is CC1CC2COCCCCCC1C(C)C2C. The third-order valence-corrected chi connectivity index (χ3v) is 5.31. The van der Waals surface area contributed by atoms with Crippen molar-refractivity contribution >= 4 is 0 Å². The van der Waals surface area contributed by atoms with Crippen LogP contribution in [0.15, 0.2) is 0 Å². The molecule has 1 heteroatoms. The topological polar surface area (TPSA) is 9.23 Å². The molecule has 2 heterocycles. The largest absolute Gasteiger partial charge is 0.381 e. The van der Waals surface area contributed by atoms with Crippen LogP contribution in [0.2, 0.25) is 0 Å². The van der Waals surface area contributed by atoms with Crippen LogP contribution in [-0.4, -0.2) is 13.2 Å². The first-order chi connectivity index (χ1) is 7.70. The van der Waals surface area contributed by atoms with E-state index in [0.29, 0.717) is 0 Å². The summed E-state index contributed by atoms with van der Waals surface area (Å²) in [5.74, 6) is 4.47. The Morgan fingerprint density at radius 2 is 1.75 bits per heavy atom. The van der Waals surface area contributed by atoms with Gasteiger partial charge in [0.2, 0.25) is 0 Å². The lowest BCUT2D eigenvalue weighted by Crippen LogP contribution is -2.38. The van der Waals surface area contributed by atoms with Crippen molar-refractivity contribution in [2.75, 3.05) is 13.2 Å². The molecule has 2 saturated heterocycles. The molecule has 0 aromatic carbocycles. The lowest BCUT2D eigenvalue weighted by atomic mass is 9.62. The Hall–Kier alpha value is -0.0400. The molecule has 3 fully saturated rings. The van der Waals surface area contributed by atoms with E-state index < -0.39 is 0 Å². The average molecular weight is 224 g/mol. The molecule has 94 valence electrons. The third kappa shape index (κ3) is 2.61. The van der Waals surface area contributed by atoms with Crippen LogP contribution >= 0.6 is 0 Å². The molecule has 1 saturated carbocycles. The summed E-state index contributed by atoms with van der Waals surface area (Å²) >= 11 is 0. The number of rotatable bonds is 0. The number of hydrogen-bond acceptors (Lipinski definition) is 1. The molecule has 2 bridgehead atoms. The van der Waals surface area contributed by atoms with Gasteiger partial charge in [0, 0.05) is 13.2 Å². The Morgan fingerprint density at radius 3 is 2.56 bits per heavy atom. The van der Waals surface area contributed by atoms with E-state index in [1.807, 2.05) is 0 Å². The predicted octanol–water partition coefficient (Wildman–Crippen LogP) is 4.12. The third-order valence-electron chi connectivity index (χ3n) is 5.31. The second-order valence-electron chi connectivity index (χ2n) is 6.28. The smallest absolute Gasteiger partial charge is 0.0497 e. The maximum absolute atomic E-state index is 5.86. The zero-order valence-corrected chi connectivity index (χ0v) is 11.2. The molecule has 0 aromatic rings. The predicted molar refractivity (Wildman–Crippen MR) is 68.4 cm³/mol. The van der Waals surface area contributed by atoms with Gasteiger partial charge in [-0.1, -0.05) is 33.6 Å². The van der Waals surface area contributed by atoms with Crippen molar-refractivity contribution in [3.8, 4) is 0 Å². The van der Waals surface area contributed by atoms with Gasteiger partial charge in [0.15, 0.2) is 0 Å². The first kappa shape index (κ1) is 12.4. The molecular formula is C15H28O. The monoisotopic (exact) mass is 224 g/mol. The van der Waals surface area contributed by atoms with E-state index in [1.165, 1.54) is 32.1 Å². The summed E-state index contributed by atoms with van der Waals surface area (Å²) in [4.78, 5) is 0. The number of ether oxygens (including phenoxy) is 1. The molecule has 0 N–H and O–H groups in total. The van der Waals surface area contributed by atoms with Gasteiger partial charge in [0.05, 0.1) is 0 Å². The highest BCUT2D eigenvalue weighted by Crippen LogP contribution is 2.44. The van der Waals surface area contributed by atoms with Crippen molar-refractivity contribution < 1.29 is 4.74 Å². The Balaban J connectivity index is 2.08. The number of fused-ring (bicyclic) bond motifs is 8. The minimum absolute atomic E-state index is 0.819. The van der Waals surface area contributed by atoms with Gasteiger partial charge in [-0.2, -0.15) is 0 Å². The molecule has 0 amide bonds. The summed E-state index contributed by atoms with van der Waals surface area (Å²) in [7, 11) is 0. The Morgan fingerprint density at radius 1 is 0.938 bits per heavy atom. The van der Waals surface area contributed by atoms with Crippen molar-refractivity contribution in [3.05, 3.63) is 0 Å². The van der Waals surface area contributed by atoms with Crippen molar-refractivity contribution in [1.29, 1.82) is 0 Å². The second kappa shape index (κ2) is 5.53. The van der Waals surface area contributed by atoms with Crippen LogP contribution < -0.4 is 0 Å². The first-order valence-electron chi connectivity index (χ1n) is 7.28. The van der Waals surface area contributed by atoms with E-state index in [4.69, 9.17) is 4.74 Å². The van der Waals surface area contributed by atoms with Crippen molar-refractivity contribution in [1.82, 2.24) is 0 Å². The molecule has 3 rings (SSSR count). The quantitative estimate of drug-likeness (QED) is 0.601. The molecule has 1 nitrogen and oxygen atoms in total. The molecule has 16 heavy (non-hydrogen) atoms. The molecule has 1 aliphatic carbocycles. The standard InChI is InChI=1S/C15H28O/c1-11-9-14-10-16-8-6-4-5-7-15(11)13(3)12(14)2/h11-15H,4-10H2,1-3H3. The highest BCUT2D eigenvalue weighted by Gasteiger charge is 2.38. The van der Waals surface area contributed by atoms with E-state index in [0.717, 1.165) is 42.8 Å². The van der Waals surface area contributed by atoms with Crippen LogP contribution in [0.3, 0.4) is 0 Å². The van der Waals surface area contributed by atoms with Gasteiger partial charge in [0.25, 0.3) is 0 Å². The van der Waals surface area contributed by atoms with E-state index in [9.17, 15) is 0 Å². The fourth-order valence-corrected chi connectivity index (χ4v) is 3.97. The highest BCUT2D eigenvalue weighted by molar-refractivity contribution is 4.87. The van der Waals surface area contributed by atoms with E-state index in [1.54, 1.807) is 0 Å². The van der Waals surface area contributed by atoms with Gasteiger partial charge in [-0.15, -0.1) is 0 Å². The van der Waals surface area contributed by atoms with Crippen molar-refractivity contribution in [2.24, 2.45) is 29.6 Å². The van der Waals surface area contributed by atoms with Crippen LogP contribution in [0, 0.1) is 29.6 Å². The summed E-state index contributed by atoms with van der Waals surface area (Å²) in [6, 6.07) is 0. The zero-order valence-electron chi connectivity index (χ0n) is 11.2. The first-order valence-corrected chi connectivity index (χ1v) is 7.28.